The zero-order chi connectivity index (χ0) is 17.6. The average molecular weight is 334 g/mol. The average Bonchev–Trinajstić information content (AvgIpc) is 2.58. The van der Waals surface area contributed by atoms with Crippen molar-refractivity contribution in [2.75, 3.05) is 13.6 Å². The molecule has 6 heteroatoms. The van der Waals surface area contributed by atoms with E-state index in [-0.39, 0.29) is 6.10 Å². The number of hydrogen-bond donors (Lipinski definition) is 0. The first-order valence-electron chi connectivity index (χ1n) is 7.40. The molecular formula is C18H17F3N2O. The van der Waals surface area contributed by atoms with Crippen LogP contribution in [-0.2, 0) is 6.18 Å². The SMILES string of the molecule is CN(C#N)CCC(Oc1ccc(C(F)(F)F)cc1)c1ccccc1. The Balaban J connectivity index is 2.14. The van der Waals surface area contributed by atoms with Crippen molar-refractivity contribution in [2.45, 2.75) is 18.7 Å². The minimum Gasteiger partial charge on any atom is -0.486 e. The van der Waals surface area contributed by atoms with Crippen LogP contribution in [0.15, 0.2) is 54.6 Å². The summed E-state index contributed by atoms with van der Waals surface area (Å²) >= 11 is 0. The molecule has 0 spiro atoms. The lowest BCUT2D eigenvalue weighted by atomic mass is 10.1. The Labute approximate surface area is 138 Å². The Hall–Kier alpha value is -2.68. The second kappa shape index (κ2) is 7.73. The Bertz CT molecular complexity index is 678. The molecule has 0 aliphatic rings. The van der Waals surface area contributed by atoms with E-state index in [9.17, 15) is 13.2 Å². The molecule has 1 atom stereocenters. The zero-order valence-electron chi connectivity index (χ0n) is 13.1. The van der Waals surface area contributed by atoms with Crippen LogP contribution >= 0.6 is 0 Å². The third kappa shape index (κ3) is 4.92. The molecule has 0 aromatic heterocycles. The maximum absolute atomic E-state index is 12.6. The topological polar surface area (TPSA) is 36.3 Å². The van der Waals surface area contributed by atoms with Crippen molar-refractivity contribution in [1.29, 1.82) is 5.26 Å². The Kier molecular flexibility index (Phi) is 5.69. The van der Waals surface area contributed by atoms with Gasteiger partial charge < -0.3 is 9.64 Å². The van der Waals surface area contributed by atoms with Gasteiger partial charge in [0, 0.05) is 20.0 Å². The van der Waals surface area contributed by atoms with Crippen LogP contribution in [0.3, 0.4) is 0 Å². The third-order valence-corrected chi connectivity index (χ3v) is 3.53. The first-order valence-corrected chi connectivity index (χ1v) is 7.40. The Morgan fingerprint density at radius 2 is 1.71 bits per heavy atom. The van der Waals surface area contributed by atoms with Crippen molar-refractivity contribution in [1.82, 2.24) is 4.90 Å². The smallest absolute Gasteiger partial charge is 0.416 e. The van der Waals surface area contributed by atoms with Gasteiger partial charge in [0.25, 0.3) is 0 Å². The van der Waals surface area contributed by atoms with Gasteiger partial charge in [0.1, 0.15) is 11.9 Å². The molecule has 2 aromatic rings. The first kappa shape index (κ1) is 17.7. The molecule has 2 rings (SSSR count). The molecule has 0 fully saturated rings. The largest absolute Gasteiger partial charge is 0.486 e. The highest BCUT2D eigenvalue weighted by Gasteiger charge is 2.30. The summed E-state index contributed by atoms with van der Waals surface area (Å²) in [5, 5.41) is 8.84. The fourth-order valence-corrected chi connectivity index (χ4v) is 2.21. The second-order valence-corrected chi connectivity index (χ2v) is 5.35. The van der Waals surface area contributed by atoms with Crippen molar-refractivity contribution in [3.63, 3.8) is 0 Å². The molecule has 0 aliphatic heterocycles. The van der Waals surface area contributed by atoms with E-state index < -0.39 is 11.7 Å². The van der Waals surface area contributed by atoms with Crippen LogP contribution in [0, 0.1) is 11.5 Å². The summed E-state index contributed by atoms with van der Waals surface area (Å²) in [4.78, 5) is 1.48. The van der Waals surface area contributed by atoms with E-state index in [1.807, 2.05) is 36.5 Å². The standard InChI is InChI=1S/C18H17F3N2O/c1-23(13-22)12-11-17(14-5-3-2-4-6-14)24-16-9-7-15(8-10-16)18(19,20)21/h2-10,17H,11-12H2,1H3. The van der Waals surface area contributed by atoms with Crippen molar-refractivity contribution < 1.29 is 17.9 Å². The summed E-state index contributed by atoms with van der Waals surface area (Å²) in [6, 6.07) is 14.0. The van der Waals surface area contributed by atoms with Gasteiger partial charge in [-0.25, -0.2) is 0 Å². The zero-order valence-corrected chi connectivity index (χ0v) is 13.1. The highest BCUT2D eigenvalue weighted by atomic mass is 19.4. The molecule has 3 nitrogen and oxygen atoms in total. The lowest BCUT2D eigenvalue weighted by Crippen LogP contribution is -2.18. The van der Waals surface area contributed by atoms with E-state index in [1.54, 1.807) is 7.05 Å². The summed E-state index contributed by atoms with van der Waals surface area (Å²) in [5.41, 5.74) is 0.194. The number of hydrogen-bond acceptors (Lipinski definition) is 3. The molecular weight excluding hydrogens is 317 g/mol. The quantitative estimate of drug-likeness (QED) is 0.571. The van der Waals surface area contributed by atoms with Crippen LogP contribution in [0.25, 0.3) is 0 Å². The number of halogens is 3. The molecule has 24 heavy (non-hydrogen) atoms. The molecule has 0 aliphatic carbocycles. The summed E-state index contributed by atoms with van der Waals surface area (Å²) in [6.07, 6.45) is -2.17. The van der Waals surface area contributed by atoms with E-state index in [0.29, 0.717) is 18.7 Å². The minimum atomic E-state index is -4.37. The van der Waals surface area contributed by atoms with Crippen LogP contribution in [0.4, 0.5) is 13.2 Å². The van der Waals surface area contributed by atoms with Gasteiger partial charge in [0.05, 0.1) is 5.56 Å². The first-order chi connectivity index (χ1) is 11.4. The predicted molar refractivity (Wildman–Crippen MR) is 84.1 cm³/mol. The van der Waals surface area contributed by atoms with Gasteiger partial charge in [-0.3, -0.25) is 0 Å². The highest BCUT2D eigenvalue weighted by molar-refractivity contribution is 5.30. The van der Waals surface area contributed by atoms with E-state index in [4.69, 9.17) is 10.00 Å². The number of rotatable bonds is 6. The van der Waals surface area contributed by atoms with Crippen LogP contribution in [0.5, 0.6) is 5.75 Å². The van der Waals surface area contributed by atoms with Gasteiger partial charge in [-0.15, -0.1) is 0 Å². The number of benzene rings is 2. The number of nitrogens with zero attached hydrogens (tertiary/aromatic N) is 2. The predicted octanol–water partition coefficient (Wildman–Crippen LogP) is 4.63. The Morgan fingerprint density at radius 1 is 1.08 bits per heavy atom. The van der Waals surface area contributed by atoms with Gasteiger partial charge in [-0.2, -0.15) is 18.4 Å². The molecule has 0 heterocycles. The number of ether oxygens (including phenoxy) is 1. The molecule has 0 N–H and O–H groups in total. The fraction of sp³-hybridized carbons (Fsp3) is 0.278. The number of nitriles is 1. The monoisotopic (exact) mass is 334 g/mol. The van der Waals surface area contributed by atoms with E-state index in [0.717, 1.165) is 17.7 Å². The lowest BCUT2D eigenvalue weighted by molar-refractivity contribution is -0.137. The van der Waals surface area contributed by atoms with Gasteiger partial charge in [0.15, 0.2) is 6.19 Å². The maximum Gasteiger partial charge on any atom is 0.416 e. The fourth-order valence-electron chi connectivity index (χ4n) is 2.21. The van der Waals surface area contributed by atoms with E-state index >= 15 is 0 Å². The van der Waals surface area contributed by atoms with Crippen molar-refractivity contribution >= 4 is 0 Å². The van der Waals surface area contributed by atoms with E-state index in [2.05, 4.69) is 0 Å². The summed E-state index contributed by atoms with van der Waals surface area (Å²) in [7, 11) is 1.67. The molecule has 0 saturated carbocycles. The van der Waals surface area contributed by atoms with Crippen molar-refractivity contribution in [3.8, 4) is 11.9 Å². The Morgan fingerprint density at radius 3 is 2.25 bits per heavy atom. The van der Waals surface area contributed by atoms with Crippen LogP contribution in [-0.4, -0.2) is 18.5 Å². The van der Waals surface area contributed by atoms with Crippen LogP contribution in [0.1, 0.15) is 23.7 Å². The molecule has 0 radical (unpaired) electrons. The van der Waals surface area contributed by atoms with Gasteiger partial charge in [0.2, 0.25) is 0 Å². The van der Waals surface area contributed by atoms with Gasteiger partial charge in [-0.1, -0.05) is 30.3 Å². The minimum absolute atomic E-state index is 0.348. The van der Waals surface area contributed by atoms with Gasteiger partial charge in [-0.05, 0) is 29.8 Å². The number of alkyl halides is 3. The second-order valence-electron chi connectivity index (χ2n) is 5.35. The molecule has 2 aromatic carbocycles. The maximum atomic E-state index is 12.6. The highest BCUT2D eigenvalue weighted by Crippen LogP contribution is 2.31. The van der Waals surface area contributed by atoms with Crippen molar-refractivity contribution in [3.05, 3.63) is 65.7 Å². The molecule has 126 valence electrons. The van der Waals surface area contributed by atoms with Gasteiger partial charge >= 0.3 is 6.18 Å². The third-order valence-electron chi connectivity index (χ3n) is 3.53. The van der Waals surface area contributed by atoms with Crippen molar-refractivity contribution in [2.24, 2.45) is 0 Å². The lowest BCUT2D eigenvalue weighted by Gasteiger charge is -2.21. The molecule has 1 unspecified atom stereocenters. The van der Waals surface area contributed by atoms with Crippen LogP contribution < -0.4 is 4.74 Å². The summed E-state index contributed by atoms with van der Waals surface area (Å²) in [6.45, 7) is 0.483. The molecule has 0 amide bonds. The normalized spacial score (nSPS) is 12.3. The molecule has 0 bridgehead atoms. The molecule has 0 saturated heterocycles. The van der Waals surface area contributed by atoms with E-state index in [1.165, 1.54) is 17.0 Å². The van der Waals surface area contributed by atoms with Crippen LogP contribution in [0.2, 0.25) is 0 Å². The summed E-state index contributed by atoms with van der Waals surface area (Å²) < 4.78 is 43.7. The summed E-state index contributed by atoms with van der Waals surface area (Å²) in [5.74, 6) is 0.358.